The van der Waals surface area contributed by atoms with Crippen LogP contribution in [0.3, 0.4) is 0 Å². The van der Waals surface area contributed by atoms with Crippen LogP contribution < -0.4 is 10.1 Å². The molecule has 2 heteroatoms. The van der Waals surface area contributed by atoms with Gasteiger partial charge in [-0.2, -0.15) is 0 Å². The standard InChI is InChI=1S/C19H31NO/c1-5-7-16-9-10-17(20-6-2)19(13-16)21-18-11-8-14(3)12-15(18)4/h8,11-12,16-17,19-20H,5-7,9-10,13H2,1-4H3. The summed E-state index contributed by atoms with van der Waals surface area (Å²) < 4.78 is 6.42. The zero-order valence-electron chi connectivity index (χ0n) is 14.1. The first-order chi connectivity index (χ1) is 10.1. The Balaban J connectivity index is 2.07. The highest BCUT2D eigenvalue weighted by Crippen LogP contribution is 2.32. The van der Waals surface area contributed by atoms with Gasteiger partial charge < -0.3 is 10.1 Å². The second kappa shape index (κ2) is 7.84. The van der Waals surface area contributed by atoms with Crippen LogP contribution in [0, 0.1) is 19.8 Å². The minimum atomic E-state index is 0.316. The summed E-state index contributed by atoms with van der Waals surface area (Å²) in [6.45, 7) is 9.78. The molecule has 0 amide bonds. The molecule has 0 aromatic heterocycles. The van der Waals surface area contributed by atoms with Crippen molar-refractivity contribution in [3.05, 3.63) is 29.3 Å². The number of likely N-dealkylation sites (N-methyl/N-ethyl adjacent to an activating group) is 1. The lowest BCUT2D eigenvalue weighted by Gasteiger charge is -2.37. The molecule has 0 aliphatic heterocycles. The first-order valence-corrected chi connectivity index (χ1v) is 8.61. The SMILES string of the molecule is CCCC1CCC(NCC)C(Oc2ccc(C)cc2C)C1. The van der Waals surface area contributed by atoms with Gasteiger partial charge in [0, 0.05) is 6.04 Å². The maximum atomic E-state index is 6.42. The van der Waals surface area contributed by atoms with Gasteiger partial charge in [-0.15, -0.1) is 0 Å². The summed E-state index contributed by atoms with van der Waals surface area (Å²) in [5.41, 5.74) is 2.55. The molecule has 1 aliphatic rings. The van der Waals surface area contributed by atoms with Gasteiger partial charge in [0.25, 0.3) is 0 Å². The summed E-state index contributed by atoms with van der Waals surface area (Å²) in [5.74, 6) is 1.89. The Hall–Kier alpha value is -1.02. The van der Waals surface area contributed by atoms with E-state index in [1.54, 1.807) is 0 Å². The van der Waals surface area contributed by atoms with Crippen molar-refractivity contribution < 1.29 is 4.74 Å². The Kier molecular flexibility index (Phi) is 6.10. The third-order valence-corrected chi connectivity index (χ3v) is 4.67. The lowest BCUT2D eigenvalue weighted by Crippen LogP contribution is -2.47. The lowest BCUT2D eigenvalue weighted by atomic mass is 9.81. The van der Waals surface area contributed by atoms with Gasteiger partial charge in [0.1, 0.15) is 11.9 Å². The van der Waals surface area contributed by atoms with E-state index in [0.29, 0.717) is 12.1 Å². The fourth-order valence-corrected chi connectivity index (χ4v) is 3.60. The van der Waals surface area contributed by atoms with Crippen LogP contribution in [0.1, 0.15) is 57.1 Å². The third kappa shape index (κ3) is 4.47. The molecule has 1 aromatic rings. The van der Waals surface area contributed by atoms with Crippen molar-refractivity contribution >= 4 is 0 Å². The zero-order chi connectivity index (χ0) is 15.2. The number of hydrogen-bond donors (Lipinski definition) is 1. The van der Waals surface area contributed by atoms with Crippen molar-refractivity contribution in [2.24, 2.45) is 5.92 Å². The molecule has 3 unspecified atom stereocenters. The van der Waals surface area contributed by atoms with Crippen LogP contribution in [-0.2, 0) is 0 Å². The molecule has 1 saturated carbocycles. The van der Waals surface area contributed by atoms with Crippen LogP contribution in [0.5, 0.6) is 5.75 Å². The van der Waals surface area contributed by atoms with Gasteiger partial charge in [-0.1, -0.05) is 44.4 Å². The van der Waals surface area contributed by atoms with Gasteiger partial charge in [-0.05, 0) is 57.2 Å². The van der Waals surface area contributed by atoms with Crippen molar-refractivity contribution in [3.8, 4) is 5.75 Å². The molecule has 21 heavy (non-hydrogen) atoms. The molecule has 0 saturated heterocycles. The molecule has 0 bridgehead atoms. The summed E-state index contributed by atoms with van der Waals surface area (Å²) in [7, 11) is 0. The van der Waals surface area contributed by atoms with E-state index in [1.807, 2.05) is 0 Å². The second-order valence-corrected chi connectivity index (χ2v) is 6.56. The molecule has 0 radical (unpaired) electrons. The zero-order valence-corrected chi connectivity index (χ0v) is 14.1. The Morgan fingerprint density at radius 3 is 2.67 bits per heavy atom. The monoisotopic (exact) mass is 289 g/mol. The van der Waals surface area contributed by atoms with E-state index in [1.165, 1.54) is 43.2 Å². The van der Waals surface area contributed by atoms with Gasteiger partial charge in [0.05, 0.1) is 0 Å². The molecule has 2 rings (SSSR count). The highest BCUT2D eigenvalue weighted by Gasteiger charge is 2.31. The lowest BCUT2D eigenvalue weighted by molar-refractivity contribution is 0.0833. The number of ether oxygens (including phenoxy) is 1. The minimum absolute atomic E-state index is 0.316. The van der Waals surface area contributed by atoms with E-state index in [9.17, 15) is 0 Å². The van der Waals surface area contributed by atoms with Crippen LogP contribution in [0.4, 0.5) is 0 Å². The van der Waals surface area contributed by atoms with Gasteiger partial charge >= 0.3 is 0 Å². The number of benzene rings is 1. The summed E-state index contributed by atoms with van der Waals surface area (Å²) in [6.07, 6.45) is 6.72. The first kappa shape index (κ1) is 16.4. The van der Waals surface area contributed by atoms with Crippen molar-refractivity contribution in [2.75, 3.05) is 6.54 Å². The number of nitrogens with one attached hydrogen (secondary N) is 1. The number of rotatable bonds is 6. The normalized spacial score (nSPS) is 25.8. The average Bonchev–Trinajstić information content (AvgIpc) is 2.45. The number of aryl methyl sites for hydroxylation is 2. The molecule has 1 aromatic carbocycles. The summed E-state index contributed by atoms with van der Waals surface area (Å²) in [6, 6.07) is 7.00. The maximum absolute atomic E-state index is 6.42. The summed E-state index contributed by atoms with van der Waals surface area (Å²) in [4.78, 5) is 0. The van der Waals surface area contributed by atoms with Crippen LogP contribution >= 0.6 is 0 Å². The van der Waals surface area contributed by atoms with E-state index >= 15 is 0 Å². The summed E-state index contributed by atoms with van der Waals surface area (Å²) in [5, 5.41) is 3.62. The van der Waals surface area contributed by atoms with Gasteiger partial charge in [-0.25, -0.2) is 0 Å². The Bertz CT molecular complexity index is 443. The van der Waals surface area contributed by atoms with Crippen molar-refractivity contribution in [2.45, 2.75) is 71.9 Å². The highest BCUT2D eigenvalue weighted by atomic mass is 16.5. The van der Waals surface area contributed by atoms with Gasteiger partial charge in [0.2, 0.25) is 0 Å². The largest absolute Gasteiger partial charge is 0.489 e. The van der Waals surface area contributed by atoms with Crippen molar-refractivity contribution in [3.63, 3.8) is 0 Å². The molecular weight excluding hydrogens is 258 g/mol. The van der Waals surface area contributed by atoms with Gasteiger partial charge in [0.15, 0.2) is 0 Å². The van der Waals surface area contributed by atoms with E-state index in [-0.39, 0.29) is 0 Å². The van der Waals surface area contributed by atoms with Crippen molar-refractivity contribution in [1.82, 2.24) is 5.32 Å². The fraction of sp³-hybridized carbons (Fsp3) is 0.684. The van der Waals surface area contributed by atoms with Crippen LogP contribution in [0.2, 0.25) is 0 Å². The molecule has 0 spiro atoms. The Morgan fingerprint density at radius 1 is 1.19 bits per heavy atom. The molecule has 2 nitrogen and oxygen atoms in total. The van der Waals surface area contributed by atoms with Crippen LogP contribution in [0.25, 0.3) is 0 Å². The maximum Gasteiger partial charge on any atom is 0.122 e. The molecule has 3 atom stereocenters. The van der Waals surface area contributed by atoms with E-state index in [2.05, 4.69) is 51.2 Å². The molecule has 0 heterocycles. The van der Waals surface area contributed by atoms with E-state index in [0.717, 1.165) is 18.2 Å². The molecule has 118 valence electrons. The molecule has 1 N–H and O–H groups in total. The third-order valence-electron chi connectivity index (χ3n) is 4.67. The first-order valence-electron chi connectivity index (χ1n) is 8.61. The Labute approximate surface area is 130 Å². The fourth-order valence-electron chi connectivity index (χ4n) is 3.60. The highest BCUT2D eigenvalue weighted by molar-refractivity contribution is 5.35. The Morgan fingerprint density at radius 2 is 2.00 bits per heavy atom. The minimum Gasteiger partial charge on any atom is -0.489 e. The summed E-state index contributed by atoms with van der Waals surface area (Å²) >= 11 is 0. The van der Waals surface area contributed by atoms with Crippen LogP contribution in [-0.4, -0.2) is 18.7 Å². The van der Waals surface area contributed by atoms with Gasteiger partial charge in [-0.3, -0.25) is 0 Å². The predicted octanol–water partition coefficient (Wildman–Crippen LogP) is 4.63. The van der Waals surface area contributed by atoms with Crippen molar-refractivity contribution in [1.29, 1.82) is 0 Å². The predicted molar refractivity (Wildman–Crippen MR) is 90.0 cm³/mol. The topological polar surface area (TPSA) is 21.3 Å². The number of hydrogen-bond acceptors (Lipinski definition) is 2. The quantitative estimate of drug-likeness (QED) is 0.824. The second-order valence-electron chi connectivity index (χ2n) is 6.56. The average molecular weight is 289 g/mol. The van der Waals surface area contributed by atoms with Crippen LogP contribution in [0.15, 0.2) is 18.2 Å². The molecule has 1 aliphatic carbocycles. The van der Waals surface area contributed by atoms with E-state index < -0.39 is 0 Å². The van der Waals surface area contributed by atoms with E-state index in [4.69, 9.17) is 4.74 Å². The smallest absolute Gasteiger partial charge is 0.122 e. The molecular formula is C19H31NO. The molecule has 1 fully saturated rings.